The lowest BCUT2D eigenvalue weighted by Crippen LogP contribution is -2.36. The van der Waals surface area contributed by atoms with Gasteiger partial charge in [0.05, 0.1) is 19.3 Å². The van der Waals surface area contributed by atoms with E-state index in [-0.39, 0.29) is 12.1 Å². The van der Waals surface area contributed by atoms with Crippen LogP contribution < -0.4 is 10.1 Å². The molecule has 0 radical (unpaired) electrons. The Morgan fingerprint density at radius 2 is 2.08 bits per heavy atom. The fraction of sp³-hybridized carbons (Fsp3) is 0.455. The molecule has 0 amide bonds. The molecule has 1 saturated heterocycles. The number of benzene rings is 2. The van der Waals surface area contributed by atoms with Crippen LogP contribution in [-0.4, -0.2) is 13.7 Å². The lowest BCUT2D eigenvalue weighted by Gasteiger charge is -2.43. The van der Waals surface area contributed by atoms with Gasteiger partial charge in [-0.15, -0.1) is 0 Å². The molecule has 0 aromatic heterocycles. The van der Waals surface area contributed by atoms with Crippen molar-refractivity contribution in [1.29, 1.82) is 0 Å². The number of nitrogens with one attached hydrogen (secondary N) is 1. The normalized spacial score (nSPS) is 24.8. The molecule has 3 atom stereocenters. The molecule has 2 aliphatic rings. The molecule has 0 bridgehead atoms. The van der Waals surface area contributed by atoms with Gasteiger partial charge < -0.3 is 14.8 Å². The van der Waals surface area contributed by atoms with E-state index >= 15 is 0 Å². The highest BCUT2D eigenvalue weighted by molar-refractivity contribution is 5.58. The highest BCUT2D eigenvalue weighted by Crippen LogP contribution is 2.49. The van der Waals surface area contributed by atoms with Crippen LogP contribution in [-0.2, 0) is 11.2 Å². The smallest absolute Gasteiger partial charge is 0.121 e. The van der Waals surface area contributed by atoms with Crippen molar-refractivity contribution in [3.05, 3.63) is 58.7 Å². The lowest BCUT2D eigenvalue weighted by atomic mass is 9.77. The van der Waals surface area contributed by atoms with Crippen LogP contribution in [0.2, 0.25) is 0 Å². The Morgan fingerprint density at radius 1 is 1.20 bits per heavy atom. The van der Waals surface area contributed by atoms with Crippen LogP contribution in [0.3, 0.4) is 0 Å². The van der Waals surface area contributed by atoms with Gasteiger partial charge in [-0.25, -0.2) is 0 Å². The summed E-state index contributed by atoms with van der Waals surface area (Å²) in [4.78, 5) is 0. The van der Waals surface area contributed by atoms with Crippen LogP contribution in [0.1, 0.15) is 54.2 Å². The van der Waals surface area contributed by atoms with E-state index in [4.69, 9.17) is 9.47 Å². The molecular formula is C22H27NO2. The van der Waals surface area contributed by atoms with Crippen molar-refractivity contribution in [3.8, 4) is 5.75 Å². The van der Waals surface area contributed by atoms with Gasteiger partial charge >= 0.3 is 0 Å². The predicted octanol–water partition coefficient (Wildman–Crippen LogP) is 5.20. The van der Waals surface area contributed by atoms with Gasteiger partial charge in [-0.2, -0.15) is 0 Å². The van der Waals surface area contributed by atoms with Crippen molar-refractivity contribution >= 4 is 5.69 Å². The molecule has 4 rings (SSSR count). The van der Waals surface area contributed by atoms with E-state index in [2.05, 4.69) is 55.6 Å². The Labute approximate surface area is 150 Å². The highest BCUT2D eigenvalue weighted by Gasteiger charge is 2.39. The van der Waals surface area contributed by atoms with E-state index in [1.165, 1.54) is 34.4 Å². The van der Waals surface area contributed by atoms with Crippen LogP contribution in [0.5, 0.6) is 5.75 Å². The van der Waals surface area contributed by atoms with E-state index < -0.39 is 0 Å². The molecule has 3 nitrogen and oxygen atoms in total. The standard InChI is InChI=1S/C22H27NO2/c1-4-15-7-9-19-18(13-15)22-17(6-5-11-25-22)21(23-19)16-8-10-20(24-3)14(2)12-16/h7-10,12-13,17,21-23H,4-6,11H2,1-3H3/t17-,21+,22-/m0/s1. The second-order valence-electron chi connectivity index (χ2n) is 7.22. The molecule has 0 saturated carbocycles. The molecule has 2 aromatic carbocycles. The second kappa shape index (κ2) is 6.72. The monoisotopic (exact) mass is 337 g/mol. The maximum absolute atomic E-state index is 6.27. The van der Waals surface area contributed by atoms with E-state index in [0.29, 0.717) is 5.92 Å². The van der Waals surface area contributed by atoms with Crippen molar-refractivity contribution in [2.75, 3.05) is 19.0 Å². The summed E-state index contributed by atoms with van der Waals surface area (Å²) in [5, 5.41) is 3.81. The molecule has 1 fully saturated rings. The molecule has 3 heteroatoms. The number of ether oxygens (including phenoxy) is 2. The topological polar surface area (TPSA) is 30.5 Å². The van der Waals surface area contributed by atoms with Gasteiger partial charge in [0.15, 0.2) is 0 Å². The van der Waals surface area contributed by atoms with Crippen LogP contribution in [0, 0.1) is 12.8 Å². The quantitative estimate of drug-likeness (QED) is 0.835. The summed E-state index contributed by atoms with van der Waals surface area (Å²) in [5.74, 6) is 1.42. The Hall–Kier alpha value is -2.00. The van der Waals surface area contributed by atoms with Gasteiger partial charge in [0.1, 0.15) is 5.75 Å². The Kier molecular flexibility index (Phi) is 4.43. The number of anilines is 1. The summed E-state index contributed by atoms with van der Waals surface area (Å²) in [5.41, 5.74) is 6.45. The molecule has 2 aromatic rings. The first kappa shape index (κ1) is 16.5. The zero-order valence-corrected chi connectivity index (χ0v) is 15.3. The summed E-state index contributed by atoms with van der Waals surface area (Å²) >= 11 is 0. The van der Waals surface area contributed by atoms with Crippen molar-refractivity contribution < 1.29 is 9.47 Å². The molecular weight excluding hydrogens is 310 g/mol. The minimum Gasteiger partial charge on any atom is -0.496 e. The third-order valence-electron chi connectivity index (χ3n) is 5.72. The average Bonchev–Trinajstić information content (AvgIpc) is 2.67. The minimum atomic E-state index is 0.198. The van der Waals surface area contributed by atoms with Crippen molar-refractivity contribution in [3.63, 3.8) is 0 Å². The van der Waals surface area contributed by atoms with E-state index in [9.17, 15) is 0 Å². The Morgan fingerprint density at radius 3 is 2.84 bits per heavy atom. The molecule has 2 heterocycles. The third-order valence-corrected chi connectivity index (χ3v) is 5.72. The number of aryl methyl sites for hydroxylation is 2. The first-order chi connectivity index (χ1) is 12.2. The summed E-state index contributed by atoms with van der Waals surface area (Å²) in [7, 11) is 1.73. The van der Waals surface area contributed by atoms with Crippen LogP contribution in [0.25, 0.3) is 0 Å². The van der Waals surface area contributed by atoms with Gasteiger partial charge in [-0.05, 0) is 55.0 Å². The third kappa shape index (κ3) is 2.91. The lowest BCUT2D eigenvalue weighted by molar-refractivity contribution is -0.0381. The molecule has 0 aliphatic carbocycles. The van der Waals surface area contributed by atoms with Crippen LogP contribution >= 0.6 is 0 Å². The van der Waals surface area contributed by atoms with Gasteiger partial charge in [0.25, 0.3) is 0 Å². The number of rotatable bonds is 3. The highest BCUT2D eigenvalue weighted by atomic mass is 16.5. The first-order valence-corrected chi connectivity index (χ1v) is 9.36. The number of hydrogen-bond donors (Lipinski definition) is 1. The molecule has 132 valence electrons. The fourth-order valence-electron chi connectivity index (χ4n) is 4.37. The predicted molar refractivity (Wildman–Crippen MR) is 101 cm³/mol. The van der Waals surface area contributed by atoms with Gasteiger partial charge in [-0.1, -0.05) is 31.2 Å². The van der Waals surface area contributed by atoms with Crippen LogP contribution in [0.4, 0.5) is 5.69 Å². The number of fused-ring (bicyclic) bond motifs is 3. The first-order valence-electron chi connectivity index (χ1n) is 9.36. The van der Waals surface area contributed by atoms with Crippen molar-refractivity contribution in [1.82, 2.24) is 0 Å². The second-order valence-corrected chi connectivity index (χ2v) is 7.22. The van der Waals surface area contributed by atoms with E-state index in [1.807, 2.05) is 0 Å². The molecule has 0 spiro atoms. The number of methoxy groups -OCH3 is 1. The van der Waals surface area contributed by atoms with Gasteiger partial charge in [0, 0.05) is 23.8 Å². The molecule has 1 N–H and O–H groups in total. The van der Waals surface area contributed by atoms with E-state index in [0.717, 1.165) is 25.2 Å². The molecule has 25 heavy (non-hydrogen) atoms. The molecule has 0 unspecified atom stereocenters. The zero-order valence-electron chi connectivity index (χ0n) is 15.3. The van der Waals surface area contributed by atoms with Crippen molar-refractivity contribution in [2.24, 2.45) is 5.92 Å². The van der Waals surface area contributed by atoms with Crippen molar-refractivity contribution in [2.45, 2.75) is 45.3 Å². The average molecular weight is 337 g/mol. The maximum atomic E-state index is 6.27. The van der Waals surface area contributed by atoms with Gasteiger partial charge in [-0.3, -0.25) is 0 Å². The summed E-state index contributed by atoms with van der Waals surface area (Å²) < 4.78 is 11.7. The van der Waals surface area contributed by atoms with Gasteiger partial charge in [0.2, 0.25) is 0 Å². The maximum Gasteiger partial charge on any atom is 0.121 e. The zero-order chi connectivity index (χ0) is 17.4. The van der Waals surface area contributed by atoms with Crippen LogP contribution in [0.15, 0.2) is 36.4 Å². The number of hydrogen-bond acceptors (Lipinski definition) is 3. The summed E-state index contributed by atoms with van der Waals surface area (Å²) in [6.45, 7) is 5.19. The SMILES string of the molecule is CCc1ccc2c(c1)[C@H]1OCCC[C@H]1[C@@H](c1ccc(OC)c(C)c1)N2. The summed E-state index contributed by atoms with van der Waals surface area (Å²) in [6, 6.07) is 13.6. The summed E-state index contributed by atoms with van der Waals surface area (Å²) in [6.07, 6.45) is 3.59. The molecule has 2 aliphatic heterocycles. The van der Waals surface area contributed by atoms with E-state index in [1.54, 1.807) is 7.11 Å². The Balaban J connectivity index is 1.75. The largest absolute Gasteiger partial charge is 0.496 e. The minimum absolute atomic E-state index is 0.198. The fourth-order valence-corrected chi connectivity index (χ4v) is 4.37. The Bertz CT molecular complexity index is 771.